The highest BCUT2D eigenvalue weighted by molar-refractivity contribution is 6.06. The summed E-state index contributed by atoms with van der Waals surface area (Å²) in [7, 11) is 0. The van der Waals surface area contributed by atoms with Gasteiger partial charge in [0.05, 0.1) is 11.4 Å². The molecule has 1 saturated heterocycles. The first-order valence-electron chi connectivity index (χ1n) is 9.43. The second-order valence-electron chi connectivity index (χ2n) is 7.59. The van der Waals surface area contributed by atoms with Gasteiger partial charge in [-0.05, 0) is 76.8 Å². The van der Waals surface area contributed by atoms with Crippen molar-refractivity contribution in [3.63, 3.8) is 0 Å². The summed E-state index contributed by atoms with van der Waals surface area (Å²) < 4.78 is 0. The Morgan fingerprint density at radius 3 is 2.46 bits per heavy atom. The van der Waals surface area contributed by atoms with Gasteiger partial charge in [0.15, 0.2) is 0 Å². The molecule has 1 aliphatic rings. The Morgan fingerprint density at radius 1 is 1.12 bits per heavy atom. The van der Waals surface area contributed by atoms with Gasteiger partial charge in [-0.3, -0.25) is 4.79 Å². The monoisotopic (exact) mass is 351 g/mol. The van der Waals surface area contributed by atoms with Crippen molar-refractivity contribution in [2.24, 2.45) is 0 Å². The van der Waals surface area contributed by atoms with Gasteiger partial charge in [0.25, 0.3) is 5.91 Å². The van der Waals surface area contributed by atoms with Gasteiger partial charge >= 0.3 is 0 Å². The Hall–Kier alpha value is -2.49. The molecule has 3 rings (SSSR count). The number of piperidine rings is 1. The maximum Gasteiger partial charge on any atom is 0.255 e. The van der Waals surface area contributed by atoms with E-state index in [1.54, 1.807) is 0 Å². The Labute approximate surface area is 156 Å². The second-order valence-corrected chi connectivity index (χ2v) is 7.59. The first-order valence-corrected chi connectivity index (χ1v) is 9.43. The Morgan fingerprint density at radius 2 is 1.81 bits per heavy atom. The molecule has 4 heteroatoms. The van der Waals surface area contributed by atoms with Crippen molar-refractivity contribution in [2.75, 3.05) is 16.0 Å². The van der Waals surface area contributed by atoms with E-state index in [0.29, 0.717) is 29.0 Å². The van der Waals surface area contributed by atoms with E-state index < -0.39 is 0 Å². The van der Waals surface area contributed by atoms with Crippen LogP contribution in [0, 0.1) is 13.8 Å². The number of amides is 1. The van der Waals surface area contributed by atoms with Gasteiger partial charge in [-0.25, -0.2) is 0 Å². The maximum atomic E-state index is 12.6. The van der Waals surface area contributed by atoms with Crippen molar-refractivity contribution in [1.82, 2.24) is 0 Å². The molecule has 0 bridgehead atoms. The van der Waals surface area contributed by atoms with E-state index in [1.165, 1.54) is 24.9 Å². The average Bonchev–Trinajstić information content (AvgIpc) is 2.58. The van der Waals surface area contributed by atoms with Crippen LogP contribution in [0.5, 0.6) is 0 Å². The van der Waals surface area contributed by atoms with Crippen LogP contribution >= 0.6 is 0 Å². The third-order valence-corrected chi connectivity index (χ3v) is 5.37. The third kappa shape index (κ3) is 3.69. The number of nitrogens with one attached hydrogen (secondary N) is 1. The average molecular weight is 351 g/mol. The first kappa shape index (κ1) is 18.3. The van der Waals surface area contributed by atoms with Crippen molar-refractivity contribution in [3.05, 3.63) is 53.1 Å². The van der Waals surface area contributed by atoms with Gasteiger partial charge in [0.2, 0.25) is 0 Å². The van der Waals surface area contributed by atoms with Crippen LogP contribution in [0.3, 0.4) is 0 Å². The number of carbonyl (C=O) groups is 1. The summed E-state index contributed by atoms with van der Waals surface area (Å²) in [6, 6.07) is 12.6. The van der Waals surface area contributed by atoms with Gasteiger partial charge in [-0.1, -0.05) is 17.7 Å². The highest BCUT2D eigenvalue weighted by atomic mass is 16.1. The molecule has 2 aromatic carbocycles. The summed E-state index contributed by atoms with van der Waals surface area (Å²) >= 11 is 0. The van der Waals surface area contributed by atoms with Crippen LogP contribution < -0.4 is 16.0 Å². The fourth-order valence-electron chi connectivity index (χ4n) is 3.98. The predicted octanol–water partition coefficient (Wildman–Crippen LogP) is 4.91. The van der Waals surface area contributed by atoms with Crippen molar-refractivity contribution < 1.29 is 4.79 Å². The molecule has 0 spiro atoms. The molecule has 1 amide bonds. The summed E-state index contributed by atoms with van der Waals surface area (Å²) in [5.41, 5.74) is 11.5. The molecule has 2 aromatic rings. The zero-order valence-corrected chi connectivity index (χ0v) is 16.2. The smallest absolute Gasteiger partial charge is 0.255 e. The lowest BCUT2D eigenvalue weighted by molar-refractivity contribution is 0.102. The zero-order chi connectivity index (χ0) is 18.8. The van der Waals surface area contributed by atoms with Crippen LogP contribution in [-0.2, 0) is 0 Å². The van der Waals surface area contributed by atoms with E-state index in [1.807, 2.05) is 43.3 Å². The number of nitrogens with two attached hydrogens (primary N) is 1. The molecule has 3 N–H and O–H groups in total. The molecular weight excluding hydrogens is 322 g/mol. The second kappa shape index (κ2) is 7.40. The zero-order valence-electron chi connectivity index (χ0n) is 16.2. The first-order chi connectivity index (χ1) is 12.4. The molecule has 0 aliphatic carbocycles. The van der Waals surface area contributed by atoms with Gasteiger partial charge < -0.3 is 16.0 Å². The van der Waals surface area contributed by atoms with E-state index in [0.717, 1.165) is 11.1 Å². The molecule has 0 radical (unpaired) electrons. The van der Waals surface area contributed by atoms with Gasteiger partial charge in [-0.15, -0.1) is 0 Å². The van der Waals surface area contributed by atoms with E-state index in [9.17, 15) is 4.79 Å². The van der Waals surface area contributed by atoms with Crippen molar-refractivity contribution in [2.45, 2.75) is 59.0 Å². The minimum atomic E-state index is -0.130. The fourth-order valence-corrected chi connectivity index (χ4v) is 3.98. The highest BCUT2D eigenvalue weighted by Crippen LogP contribution is 2.36. The van der Waals surface area contributed by atoms with Crippen LogP contribution in [0.15, 0.2) is 36.4 Å². The predicted molar refractivity (Wildman–Crippen MR) is 110 cm³/mol. The number of anilines is 3. The van der Waals surface area contributed by atoms with Crippen LogP contribution in [0.2, 0.25) is 0 Å². The number of benzene rings is 2. The van der Waals surface area contributed by atoms with Gasteiger partial charge in [0, 0.05) is 23.3 Å². The Kier molecular flexibility index (Phi) is 5.21. The molecule has 2 unspecified atom stereocenters. The lowest BCUT2D eigenvalue weighted by Gasteiger charge is -2.42. The number of hydrogen-bond acceptors (Lipinski definition) is 3. The number of carbonyl (C=O) groups excluding carboxylic acids is 1. The number of hydrogen-bond donors (Lipinski definition) is 2. The number of aryl methyl sites for hydroxylation is 2. The molecule has 1 heterocycles. The van der Waals surface area contributed by atoms with Crippen LogP contribution in [0.4, 0.5) is 17.1 Å². The third-order valence-electron chi connectivity index (χ3n) is 5.37. The number of nitrogen functional groups attached to an aromatic ring is 1. The fraction of sp³-hybridized carbons (Fsp3) is 0.409. The summed E-state index contributed by atoms with van der Waals surface area (Å²) in [5, 5.41) is 3.00. The molecule has 26 heavy (non-hydrogen) atoms. The summed E-state index contributed by atoms with van der Waals surface area (Å²) in [6.45, 7) is 8.62. The highest BCUT2D eigenvalue weighted by Gasteiger charge is 2.26. The van der Waals surface area contributed by atoms with E-state index in [2.05, 4.69) is 31.0 Å². The Bertz CT molecular complexity index is 805. The van der Waals surface area contributed by atoms with Crippen LogP contribution in [0.25, 0.3) is 0 Å². The van der Waals surface area contributed by atoms with Crippen LogP contribution in [0.1, 0.15) is 54.6 Å². The van der Waals surface area contributed by atoms with Crippen LogP contribution in [-0.4, -0.2) is 18.0 Å². The van der Waals surface area contributed by atoms with Gasteiger partial charge in [0.1, 0.15) is 0 Å². The topological polar surface area (TPSA) is 58.4 Å². The Balaban J connectivity index is 1.92. The van der Waals surface area contributed by atoms with E-state index in [4.69, 9.17) is 5.73 Å². The largest absolute Gasteiger partial charge is 0.397 e. The van der Waals surface area contributed by atoms with Crippen molar-refractivity contribution in [3.8, 4) is 0 Å². The number of rotatable bonds is 3. The van der Waals surface area contributed by atoms with Gasteiger partial charge in [-0.2, -0.15) is 0 Å². The maximum absolute atomic E-state index is 12.6. The lowest BCUT2D eigenvalue weighted by Crippen LogP contribution is -2.44. The van der Waals surface area contributed by atoms with Crippen molar-refractivity contribution >= 4 is 23.0 Å². The molecule has 138 valence electrons. The molecular formula is C22H29N3O. The molecule has 0 saturated carbocycles. The number of nitrogens with zero attached hydrogens (tertiary/aromatic N) is 1. The van der Waals surface area contributed by atoms with E-state index >= 15 is 0 Å². The summed E-state index contributed by atoms with van der Waals surface area (Å²) in [4.78, 5) is 15.1. The quantitative estimate of drug-likeness (QED) is 0.773. The molecule has 2 atom stereocenters. The van der Waals surface area contributed by atoms with Crippen molar-refractivity contribution in [1.29, 1.82) is 0 Å². The minimum Gasteiger partial charge on any atom is -0.397 e. The molecule has 4 nitrogen and oxygen atoms in total. The lowest BCUT2D eigenvalue weighted by atomic mass is 9.95. The van der Waals surface area contributed by atoms with E-state index in [-0.39, 0.29) is 5.91 Å². The SMILES string of the molecule is Cc1cccc(C(=O)Nc2cc(N3C(C)CCCC3C)c(C)cc2N)c1. The molecule has 1 aliphatic heterocycles. The standard InChI is InChI=1S/C22H29N3O/c1-14-7-5-10-18(11-14)22(26)24-20-13-21(15(2)12-19(20)23)25-16(3)8-6-9-17(25)4/h5,7,10-13,16-17H,6,8-9,23H2,1-4H3,(H,24,26). The summed E-state index contributed by atoms with van der Waals surface area (Å²) in [6.07, 6.45) is 3.65. The molecule has 1 fully saturated rings. The normalized spacial score (nSPS) is 20.1. The molecule has 0 aromatic heterocycles. The minimum absolute atomic E-state index is 0.130. The summed E-state index contributed by atoms with van der Waals surface area (Å²) in [5.74, 6) is -0.130.